The Morgan fingerprint density at radius 3 is 2.54 bits per heavy atom. The van der Waals surface area contributed by atoms with E-state index < -0.39 is 5.92 Å². The maximum atomic E-state index is 13.2. The van der Waals surface area contributed by atoms with Gasteiger partial charge in [0.05, 0.1) is 17.8 Å². The molecule has 1 atom stereocenters. The van der Waals surface area contributed by atoms with Crippen LogP contribution in [0.2, 0.25) is 0 Å². The summed E-state index contributed by atoms with van der Waals surface area (Å²) in [5.74, 6) is -1.93. The van der Waals surface area contributed by atoms with Crippen LogP contribution in [0.15, 0.2) is 36.4 Å². The summed E-state index contributed by atoms with van der Waals surface area (Å²) in [4.78, 5) is 4.79. The Kier molecular flexibility index (Phi) is 5.08. The molecule has 0 amide bonds. The van der Waals surface area contributed by atoms with Gasteiger partial charge in [0.25, 0.3) is 0 Å². The van der Waals surface area contributed by atoms with Gasteiger partial charge in [-0.15, -0.1) is 0 Å². The van der Waals surface area contributed by atoms with Crippen molar-refractivity contribution in [1.82, 2.24) is 4.98 Å². The van der Waals surface area contributed by atoms with Crippen LogP contribution in [0.25, 0.3) is 11.3 Å². The van der Waals surface area contributed by atoms with E-state index in [2.05, 4.69) is 12.2 Å². The lowest BCUT2D eigenvalue weighted by Crippen LogP contribution is -2.36. The Morgan fingerprint density at radius 2 is 1.89 bits per heavy atom. The molecule has 4 rings (SSSR count). The highest BCUT2D eigenvalue weighted by Crippen LogP contribution is 2.44. The predicted octanol–water partition coefficient (Wildman–Crippen LogP) is 5.46. The maximum absolute atomic E-state index is 13.2. The number of hydrogen-bond acceptors (Lipinski definition) is 3. The van der Waals surface area contributed by atoms with Gasteiger partial charge in [-0.05, 0) is 68.0 Å². The number of rotatable bonds is 6. The summed E-state index contributed by atoms with van der Waals surface area (Å²) in [5, 5.41) is 3.53. The Labute approximate surface area is 163 Å². The topological polar surface area (TPSA) is 34.2 Å². The molecule has 1 N–H and O–H groups in total. The fourth-order valence-electron chi connectivity index (χ4n) is 3.98. The highest BCUT2D eigenvalue weighted by Gasteiger charge is 2.44. The van der Waals surface area contributed by atoms with Crippen molar-refractivity contribution in [2.75, 3.05) is 18.5 Å². The molecule has 2 aliphatic rings. The number of pyridine rings is 1. The number of nitrogens with one attached hydrogen (secondary N) is 1. The Bertz CT molecular complexity index is 824. The van der Waals surface area contributed by atoms with Crippen molar-refractivity contribution in [2.45, 2.75) is 50.5 Å². The third-order valence-corrected chi connectivity index (χ3v) is 5.75. The van der Waals surface area contributed by atoms with Crippen LogP contribution in [-0.2, 0) is 11.2 Å². The van der Waals surface area contributed by atoms with E-state index in [4.69, 9.17) is 9.72 Å². The number of hydrogen-bond donors (Lipinski definition) is 1. The average molecular weight is 390 g/mol. The lowest BCUT2D eigenvalue weighted by atomic mass is 9.78. The molecule has 1 aromatic carbocycles. The number of anilines is 1. The highest BCUT2D eigenvalue weighted by molar-refractivity contribution is 5.63. The molecular weight excluding hydrogens is 365 g/mol. The van der Waals surface area contributed by atoms with Crippen molar-refractivity contribution in [3.8, 4) is 11.3 Å². The highest BCUT2D eigenvalue weighted by atomic mass is 19.3. The molecule has 1 saturated carbocycles. The molecule has 6 heteroatoms. The molecule has 1 aliphatic heterocycles. The van der Waals surface area contributed by atoms with Gasteiger partial charge in [0, 0.05) is 25.0 Å². The van der Waals surface area contributed by atoms with Crippen LogP contribution < -0.4 is 5.32 Å². The second-order valence-corrected chi connectivity index (χ2v) is 8.37. The van der Waals surface area contributed by atoms with E-state index in [1.165, 1.54) is 12.1 Å². The molecular formula is C22H25F3N2O. The number of ether oxygens (including phenoxy) is 1. The van der Waals surface area contributed by atoms with Gasteiger partial charge in [-0.25, -0.2) is 18.2 Å². The molecule has 1 aliphatic carbocycles. The molecule has 0 bridgehead atoms. The van der Waals surface area contributed by atoms with Gasteiger partial charge in [-0.1, -0.05) is 6.07 Å². The molecule has 150 valence electrons. The van der Waals surface area contributed by atoms with Crippen LogP contribution in [0.4, 0.5) is 19.0 Å². The van der Waals surface area contributed by atoms with Gasteiger partial charge in [-0.2, -0.15) is 0 Å². The molecule has 2 heterocycles. The zero-order valence-corrected chi connectivity index (χ0v) is 16.0. The van der Waals surface area contributed by atoms with E-state index in [0.717, 1.165) is 35.5 Å². The monoisotopic (exact) mass is 390 g/mol. The first-order valence-electron chi connectivity index (χ1n) is 9.82. The fraction of sp³-hybridized carbons (Fsp3) is 0.500. The van der Waals surface area contributed by atoms with Gasteiger partial charge in [-0.3, -0.25) is 0 Å². The van der Waals surface area contributed by atoms with E-state index in [0.29, 0.717) is 19.6 Å². The summed E-state index contributed by atoms with van der Waals surface area (Å²) in [6.45, 7) is 3.40. The third kappa shape index (κ3) is 4.32. The molecule has 0 spiro atoms. The summed E-state index contributed by atoms with van der Waals surface area (Å²) in [5.41, 5.74) is 2.41. The van der Waals surface area contributed by atoms with Crippen LogP contribution in [0.3, 0.4) is 0 Å². The zero-order valence-electron chi connectivity index (χ0n) is 16.0. The van der Waals surface area contributed by atoms with Crippen LogP contribution in [0.5, 0.6) is 0 Å². The average Bonchev–Trinajstić information content (AvgIpc) is 3.05. The van der Waals surface area contributed by atoms with Crippen molar-refractivity contribution >= 4 is 5.82 Å². The second kappa shape index (κ2) is 7.39. The fourth-order valence-corrected chi connectivity index (χ4v) is 3.98. The van der Waals surface area contributed by atoms with Gasteiger partial charge in [0.15, 0.2) is 0 Å². The summed E-state index contributed by atoms with van der Waals surface area (Å²) in [6.07, 6.45) is 2.29. The van der Waals surface area contributed by atoms with E-state index in [1.54, 1.807) is 12.1 Å². The molecule has 2 fully saturated rings. The number of aromatic nitrogens is 1. The summed E-state index contributed by atoms with van der Waals surface area (Å²) < 4.78 is 45.0. The van der Waals surface area contributed by atoms with Crippen LogP contribution in [-0.4, -0.2) is 29.7 Å². The van der Waals surface area contributed by atoms with Crippen molar-refractivity contribution in [3.05, 3.63) is 47.8 Å². The predicted molar refractivity (Wildman–Crippen MR) is 103 cm³/mol. The maximum Gasteiger partial charge on any atom is 0.248 e. The van der Waals surface area contributed by atoms with E-state index >= 15 is 0 Å². The molecule has 0 radical (unpaired) electrons. The van der Waals surface area contributed by atoms with Gasteiger partial charge in [0.1, 0.15) is 11.6 Å². The smallest absolute Gasteiger partial charge is 0.248 e. The normalized spacial score (nSPS) is 24.1. The van der Waals surface area contributed by atoms with Crippen molar-refractivity contribution in [3.63, 3.8) is 0 Å². The zero-order chi connectivity index (χ0) is 19.8. The van der Waals surface area contributed by atoms with Gasteiger partial charge < -0.3 is 10.1 Å². The molecule has 3 nitrogen and oxygen atoms in total. The third-order valence-electron chi connectivity index (χ3n) is 5.75. The first kappa shape index (κ1) is 19.2. The number of aryl methyl sites for hydroxylation is 1. The first-order chi connectivity index (χ1) is 13.3. The minimum atomic E-state index is -2.48. The quantitative estimate of drug-likeness (QED) is 0.712. The van der Waals surface area contributed by atoms with Gasteiger partial charge >= 0.3 is 0 Å². The SMILES string of the molecule is CC1(Nc2nc(-c3ccc(F)cc3)ccc2CCC2CC(F)(F)C2)CCOC1. The summed E-state index contributed by atoms with van der Waals surface area (Å²) >= 11 is 0. The Hall–Kier alpha value is -2.08. The van der Waals surface area contributed by atoms with E-state index in [1.807, 2.05) is 12.1 Å². The van der Waals surface area contributed by atoms with Crippen molar-refractivity contribution in [2.24, 2.45) is 5.92 Å². The number of halogens is 3. The van der Waals surface area contributed by atoms with Crippen LogP contribution >= 0.6 is 0 Å². The van der Waals surface area contributed by atoms with Crippen molar-refractivity contribution in [1.29, 1.82) is 0 Å². The molecule has 2 aromatic rings. The number of alkyl halides is 2. The van der Waals surface area contributed by atoms with Gasteiger partial charge in [0.2, 0.25) is 5.92 Å². The lowest BCUT2D eigenvalue weighted by molar-refractivity contribution is -0.111. The molecule has 28 heavy (non-hydrogen) atoms. The summed E-state index contributed by atoms with van der Waals surface area (Å²) in [7, 11) is 0. The standard InChI is InChI=1S/C22H25F3N2O/c1-21(10-11-28-14-21)27-20-17(3-2-15-12-22(24,25)13-15)6-9-19(26-20)16-4-7-18(23)8-5-16/h4-9,15H,2-3,10-14H2,1H3,(H,26,27). The first-order valence-corrected chi connectivity index (χ1v) is 9.82. The largest absolute Gasteiger partial charge is 0.379 e. The molecule has 1 unspecified atom stereocenters. The van der Waals surface area contributed by atoms with Crippen molar-refractivity contribution < 1.29 is 17.9 Å². The lowest BCUT2D eigenvalue weighted by Gasteiger charge is -2.35. The molecule has 1 saturated heterocycles. The second-order valence-electron chi connectivity index (χ2n) is 8.37. The van der Waals surface area contributed by atoms with E-state index in [9.17, 15) is 13.2 Å². The number of benzene rings is 1. The number of nitrogens with zero attached hydrogens (tertiary/aromatic N) is 1. The molecule has 1 aromatic heterocycles. The minimum Gasteiger partial charge on any atom is -0.379 e. The van der Waals surface area contributed by atoms with Crippen LogP contribution in [0, 0.1) is 11.7 Å². The summed E-state index contributed by atoms with van der Waals surface area (Å²) in [6, 6.07) is 10.2. The minimum absolute atomic E-state index is 0.0115. The Morgan fingerprint density at radius 1 is 1.14 bits per heavy atom. The van der Waals surface area contributed by atoms with Crippen LogP contribution in [0.1, 0.15) is 38.2 Å². The van der Waals surface area contributed by atoms with E-state index in [-0.39, 0.29) is 30.1 Å². The Balaban J connectivity index is 1.56.